The summed E-state index contributed by atoms with van der Waals surface area (Å²) in [4.78, 5) is 39.6. The number of carbonyl (C=O) groups excluding carboxylic acids is 2. The monoisotopic (exact) mass is 757 g/mol. The number of anilines is 1. The molecule has 4 rings (SSSR count). The largest absolute Gasteiger partial charge is 0.493 e. The molecule has 14 heteroatoms. The van der Waals surface area contributed by atoms with Gasteiger partial charge in [-0.2, -0.15) is 5.26 Å². The van der Waals surface area contributed by atoms with Gasteiger partial charge in [0, 0.05) is 42.6 Å². The lowest BCUT2D eigenvalue weighted by Gasteiger charge is -2.36. The van der Waals surface area contributed by atoms with E-state index in [1.54, 1.807) is 11.8 Å². The number of hydrogen-bond acceptors (Lipinski definition) is 10. The molecule has 1 heterocycles. The quantitative estimate of drug-likeness (QED) is 0.0425. The zero-order valence-electron chi connectivity index (χ0n) is 31.7. The first-order valence-corrected chi connectivity index (χ1v) is 19.1. The van der Waals surface area contributed by atoms with E-state index in [0.29, 0.717) is 13.0 Å². The summed E-state index contributed by atoms with van der Waals surface area (Å²) in [7, 11) is -0.221. The molecular weight excluding hydrogens is 709 g/mol. The molecule has 0 radical (unpaired) electrons. The fourth-order valence-electron chi connectivity index (χ4n) is 5.96. The number of nitrogens with zero attached hydrogens (tertiary/aromatic N) is 4. The maximum atomic E-state index is 13.4. The second kappa shape index (κ2) is 20.4. The van der Waals surface area contributed by atoms with Gasteiger partial charge in [-0.05, 0) is 70.9 Å². The molecule has 3 aromatic rings. The number of nitro benzene ring substituents is 1. The summed E-state index contributed by atoms with van der Waals surface area (Å²) < 4.78 is 25.8. The van der Waals surface area contributed by atoms with Crippen molar-refractivity contribution in [1.29, 1.82) is 5.26 Å². The summed E-state index contributed by atoms with van der Waals surface area (Å²) in [5, 5.41) is 24.1. The Morgan fingerprint density at radius 1 is 1.00 bits per heavy atom. The molecule has 0 spiro atoms. The van der Waals surface area contributed by atoms with Crippen molar-refractivity contribution in [2.75, 3.05) is 31.8 Å². The number of nitriles is 1. The molecule has 0 bridgehead atoms. The number of fused-ring (bicyclic) bond motifs is 2. The molecule has 0 aliphatic carbocycles. The molecule has 1 aliphatic rings. The van der Waals surface area contributed by atoms with E-state index in [1.807, 2.05) is 80.9 Å². The van der Waals surface area contributed by atoms with E-state index in [0.717, 1.165) is 22.4 Å². The van der Waals surface area contributed by atoms with Crippen molar-refractivity contribution in [3.63, 3.8) is 0 Å². The van der Waals surface area contributed by atoms with Crippen LogP contribution in [0.15, 0.2) is 60.7 Å². The third-order valence-corrected chi connectivity index (χ3v) is 10.7. The van der Waals surface area contributed by atoms with Crippen LogP contribution in [-0.2, 0) is 25.2 Å². The van der Waals surface area contributed by atoms with Crippen LogP contribution in [0.2, 0.25) is 0 Å². The molecule has 0 aromatic heterocycles. The standard InChI is InChI=1S/C40H48N5O8P/c1-28(2)44(29(3)4)54(52-24-12-21-41)53-30(5)34-25-37(50-6)38(26-36(34)45(48)49)51-23-11-17-39(46)42-22-20-40(47)43-27-33-15-8-7-13-31(33)18-19-32-14-9-10-16-35(32)43/h7-10,13-16,25-26,28-30H,11-12,17,20,22-24,27H2,1-6H3,(H,42,46). The van der Waals surface area contributed by atoms with Gasteiger partial charge in [-0.15, -0.1) is 0 Å². The van der Waals surface area contributed by atoms with E-state index in [1.165, 1.54) is 19.2 Å². The lowest BCUT2D eigenvalue weighted by molar-refractivity contribution is -0.386. The molecule has 0 saturated carbocycles. The van der Waals surface area contributed by atoms with Gasteiger partial charge in [0.05, 0.1) is 67.7 Å². The average Bonchev–Trinajstić information content (AvgIpc) is 3.13. The molecule has 1 N–H and O–H groups in total. The molecule has 2 unspecified atom stereocenters. The Balaban J connectivity index is 1.33. The number of methoxy groups -OCH3 is 1. The second-order valence-corrected chi connectivity index (χ2v) is 14.5. The third-order valence-electron chi connectivity index (χ3n) is 8.50. The summed E-state index contributed by atoms with van der Waals surface area (Å²) in [6, 6.07) is 20.3. The van der Waals surface area contributed by atoms with E-state index in [2.05, 4.69) is 23.2 Å². The van der Waals surface area contributed by atoms with E-state index in [9.17, 15) is 19.7 Å². The molecule has 0 fully saturated rings. The number of carbonyl (C=O) groups is 2. The number of nitrogens with one attached hydrogen (secondary N) is 1. The number of benzene rings is 3. The van der Waals surface area contributed by atoms with Gasteiger partial charge in [-0.1, -0.05) is 42.2 Å². The minimum Gasteiger partial charge on any atom is -0.493 e. The first-order chi connectivity index (χ1) is 25.9. The Hall–Kier alpha value is -5.04. The van der Waals surface area contributed by atoms with Crippen LogP contribution in [0.1, 0.15) is 88.7 Å². The van der Waals surface area contributed by atoms with Gasteiger partial charge in [0.2, 0.25) is 11.8 Å². The number of ether oxygens (including phenoxy) is 2. The van der Waals surface area contributed by atoms with E-state index in [4.69, 9.17) is 23.8 Å². The molecule has 1 aliphatic heterocycles. The van der Waals surface area contributed by atoms with E-state index in [-0.39, 0.29) is 85.7 Å². The zero-order chi connectivity index (χ0) is 39.2. The maximum Gasteiger partial charge on any atom is 0.279 e. The molecule has 13 nitrogen and oxygen atoms in total. The van der Waals surface area contributed by atoms with Gasteiger partial charge in [0.25, 0.3) is 14.2 Å². The van der Waals surface area contributed by atoms with Crippen LogP contribution in [-0.4, -0.2) is 60.4 Å². The summed E-state index contributed by atoms with van der Waals surface area (Å²) in [6.45, 7) is 10.5. The van der Waals surface area contributed by atoms with Crippen LogP contribution in [0.5, 0.6) is 11.5 Å². The smallest absolute Gasteiger partial charge is 0.279 e. The molecule has 286 valence electrons. The van der Waals surface area contributed by atoms with Crippen LogP contribution < -0.4 is 19.7 Å². The molecule has 3 aromatic carbocycles. The van der Waals surface area contributed by atoms with Crippen molar-refractivity contribution >= 4 is 31.7 Å². The van der Waals surface area contributed by atoms with Crippen LogP contribution in [0, 0.1) is 33.3 Å². The first-order valence-electron chi connectivity index (χ1n) is 17.9. The van der Waals surface area contributed by atoms with Crippen molar-refractivity contribution in [3.8, 4) is 29.4 Å². The SMILES string of the molecule is COc1cc(C(C)OP(OCCC#N)N(C(C)C)C(C)C)c([N+](=O)[O-])cc1OCCCC(=O)NCCC(=O)N1Cc2ccccc2C#Cc2ccccc21. The molecular formula is C40H48N5O8P. The number of amides is 2. The topological polar surface area (TPSA) is 157 Å². The number of rotatable bonds is 19. The van der Waals surface area contributed by atoms with Gasteiger partial charge >= 0.3 is 0 Å². The summed E-state index contributed by atoms with van der Waals surface area (Å²) in [5.41, 5.74) is 3.37. The van der Waals surface area contributed by atoms with Crippen LogP contribution in [0.3, 0.4) is 0 Å². The van der Waals surface area contributed by atoms with Crippen LogP contribution in [0.4, 0.5) is 11.4 Å². The molecule has 2 amide bonds. The minimum absolute atomic E-state index is 0.0526. The van der Waals surface area contributed by atoms with Gasteiger partial charge in [-0.3, -0.25) is 19.7 Å². The van der Waals surface area contributed by atoms with Crippen LogP contribution >= 0.6 is 8.53 Å². The van der Waals surface area contributed by atoms with Crippen molar-refractivity contribution in [3.05, 3.63) is 93.0 Å². The van der Waals surface area contributed by atoms with Crippen molar-refractivity contribution in [1.82, 2.24) is 9.99 Å². The maximum absolute atomic E-state index is 13.4. The van der Waals surface area contributed by atoms with E-state index < -0.39 is 19.6 Å². The second-order valence-electron chi connectivity index (χ2n) is 13.1. The Kier molecular flexibility index (Phi) is 15.8. The van der Waals surface area contributed by atoms with Crippen LogP contribution in [0.25, 0.3) is 0 Å². The number of para-hydroxylation sites is 1. The van der Waals surface area contributed by atoms with E-state index >= 15 is 0 Å². The Morgan fingerprint density at radius 2 is 1.69 bits per heavy atom. The average molecular weight is 758 g/mol. The summed E-state index contributed by atoms with van der Waals surface area (Å²) in [6.07, 6.45) is -0.0446. The van der Waals surface area contributed by atoms with Gasteiger partial charge < -0.3 is 28.7 Å². The van der Waals surface area contributed by atoms with Gasteiger partial charge in [0.1, 0.15) is 0 Å². The molecule has 0 saturated heterocycles. The molecule has 54 heavy (non-hydrogen) atoms. The molecule has 2 atom stereocenters. The zero-order valence-corrected chi connectivity index (χ0v) is 32.6. The fourth-order valence-corrected chi connectivity index (χ4v) is 7.65. The third kappa shape index (κ3) is 11.2. The summed E-state index contributed by atoms with van der Waals surface area (Å²) in [5.74, 6) is 6.43. The minimum atomic E-state index is -1.66. The lowest BCUT2D eigenvalue weighted by atomic mass is 10.0. The predicted molar refractivity (Wildman–Crippen MR) is 207 cm³/mol. The van der Waals surface area contributed by atoms with Crippen molar-refractivity contribution in [2.24, 2.45) is 0 Å². The summed E-state index contributed by atoms with van der Waals surface area (Å²) >= 11 is 0. The Bertz CT molecular complexity index is 1880. The highest BCUT2D eigenvalue weighted by Gasteiger charge is 2.32. The van der Waals surface area contributed by atoms with Gasteiger partial charge in [0.15, 0.2) is 11.5 Å². The lowest BCUT2D eigenvalue weighted by Crippen LogP contribution is -2.35. The van der Waals surface area contributed by atoms with Crippen molar-refractivity contribution in [2.45, 2.75) is 85.0 Å². The normalized spacial score (nSPS) is 13.1. The number of nitro groups is 1. The van der Waals surface area contributed by atoms with Gasteiger partial charge in [-0.25, -0.2) is 4.67 Å². The Morgan fingerprint density at radius 3 is 2.37 bits per heavy atom. The highest BCUT2D eigenvalue weighted by molar-refractivity contribution is 7.44. The highest BCUT2D eigenvalue weighted by atomic mass is 31.2. The number of hydrogen-bond donors (Lipinski definition) is 1. The first kappa shape index (κ1) is 41.7. The Labute approximate surface area is 318 Å². The fraction of sp³-hybridized carbons (Fsp3) is 0.425. The predicted octanol–water partition coefficient (Wildman–Crippen LogP) is 7.57. The highest BCUT2D eigenvalue weighted by Crippen LogP contribution is 2.51. The van der Waals surface area contributed by atoms with Crippen molar-refractivity contribution < 1.29 is 33.0 Å².